The Balaban J connectivity index is 2.57. The largest absolute Gasteiger partial charge is 0.581 e. The summed E-state index contributed by atoms with van der Waals surface area (Å²) in [7, 11) is 0. The predicted molar refractivity (Wildman–Crippen MR) is 49.7 cm³/mol. The maximum atomic E-state index is 11.3. The number of nitrogens with zero attached hydrogens (tertiary/aromatic N) is 1. The van der Waals surface area contributed by atoms with Gasteiger partial charge in [0.2, 0.25) is 0 Å². The van der Waals surface area contributed by atoms with Crippen molar-refractivity contribution in [1.29, 1.82) is 0 Å². The Morgan fingerprint density at radius 2 is 2.33 bits per heavy atom. The lowest BCUT2D eigenvalue weighted by atomic mass is 10.2. The smallest absolute Gasteiger partial charge is 0.183 e. The third kappa shape index (κ3) is 1.22. The number of benzene rings is 1. The van der Waals surface area contributed by atoms with Crippen LogP contribution in [-0.4, -0.2) is 5.21 Å². The molecule has 1 aromatic rings. The Bertz CT molecular complexity index is 329. The lowest BCUT2D eigenvalue weighted by Gasteiger charge is -2.24. The van der Waals surface area contributed by atoms with E-state index in [-0.39, 0.29) is 0 Å². The SMILES string of the molecule is [O-][N+]1(O)SCc2ccc(Cl)cc21. The van der Waals surface area contributed by atoms with Crippen LogP contribution in [0, 0.1) is 5.21 Å². The minimum Gasteiger partial charge on any atom is -0.581 e. The van der Waals surface area contributed by atoms with E-state index < -0.39 is 4.21 Å². The van der Waals surface area contributed by atoms with Crippen molar-refractivity contribution in [3.8, 4) is 0 Å². The Kier molecular flexibility index (Phi) is 1.82. The first-order chi connectivity index (χ1) is 5.59. The standard InChI is InChI=1S/C7H6ClNO2S/c8-6-2-1-5-4-12-9(10,11)7(5)3-6/h1-3,10H,4H2. The van der Waals surface area contributed by atoms with Crippen molar-refractivity contribution >= 4 is 29.2 Å². The van der Waals surface area contributed by atoms with E-state index in [2.05, 4.69) is 0 Å². The van der Waals surface area contributed by atoms with Gasteiger partial charge in [-0.15, -0.1) is 4.21 Å². The molecule has 64 valence electrons. The summed E-state index contributed by atoms with van der Waals surface area (Å²) >= 11 is 6.60. The lowest BCUT2D eigenvalue weighted by molar-refractivity contribution is 0.0771. The molecule has 0 aromatic heterocycles. The second kappa shape index (κ2) is 2.61. The molecule has 0 saturated carbocycles. The van der Waals surface area contributed by atoms with E-state index in [1.54, 1.807) is 12.1 Å². The Morgan fingerprint density at radius 1 is 1.58 bits per heavy atom. The van der Waals surface area contributed by atoms with Gasteiger partial charge in [-0.25, -0.2) is 0 Å². The fraction of sp³-hybridized carbons (Fsp3) is 0.143. The highest BCUT2D eigenvalue weighted by Crippen LogP contribution is 2.43. The summed E-state index contributed by atoms with van der Waals surface area (Å²) in [5.74, 6) is 0.534. The van der Waals surface area contributed by atoms with Gasteiger partial charge in [-0.3, -0.25) is 0 Å². The molecule has 5 heteroatoms. The average Bonchev–Trinajstić information content (AvgIpc) is 2.28. The highest BCUT2D eigenvalue weighted by Gasteiger charge is 2.32. The van der Waals surface area contributed by atoms with E-state index in [9.17, 15) is 10.4 Å². The topological polar surface area (TPSA) is 43.3 Å². The fourth-order valence-electron chi connectivity index (χ4n) is 1.15. The van der Waals surface area contributed by atoms with Gasteiger partial charge in [0.25, 0.3) is 0 Å². The molecule has 0 radical (unpaired) electrons. The molecule has 0 spiro atoms. The molecule has 0 saturated heterocycles. The van der Waals surface area contributed by atoms with Crippen LogP contribution < -0.4 is 4.21 Å². The van der Waals surface area contributed by atoms with Crippen LogP contribution >= 0.6 is 23.5 Å². The van der Waals surface area contributed by atoms with Gasteiger partial charge in [-0.2, -0.15) is 5.21 Å². The highest BCUT2D eigenvalue weighted by atomic mass is 35.5. The van der Waals surface area contributed by atoms with Crippen molar-refractivity contribution < 1.29 is 5.21 Å². The van der Waals surface area contributed by atoms with Gasteiger partial charge in [0.15, 0.2) is 5.69 Å². The summed E-state index contributed by atoms with van der Waals surface area (Å²) in [4.78, 5) is 0. The molecule has 3 nitrogen and oxygen atoms in total. The molecule has 1 N–H and O–H groups in total. The molecule has 12 heavy (non-hydrogen) atoms. The molecule has 0 amide bonds. The molecule has 0 fully saturated rings. The summed E-state index contributed by atoms with van der Waals surface area (Å²) in [5, 5.41) is 21.0. The zero-order valence-corrected chi connectivity index (χ0v) is 7.60. The number of hydrogen-bond acceptors (Lipinski definition) is 3. The summed E-state index contributed by atoms with van der Waals surface area (Å²) in [6.07, 6.45) is 0. The van der Waals surface area contributed by atoms with Crippen molar-refractivity contribution in [2.45, 2.75) is 5.75 Å². The van der Waals surface area contributed by atoms with Crippen molar-refractivity contribution in [3.05, 3.63) is 34.0 Å². The molecule has 1 unspecified atom stereocenters. The van der Waals surface area contributed by atoms with Crippen molar-refractivity contribution in [3.63, 3.8) is 0 Å². The van der Waals surface area contributed by atoms with E-state index in [4.69, 9.17) is 11.6 Å². The van der Waals surface area contributed by atoms with Crippen molar-refractivity contribution in [2.75, 3.05) is 0 Å². The monoisotopic (exact) mass is 203 g/mol. The maximum Gasteiger partial charge on any atom is 0.183 e. The van der Waals surface area contributed by atoms with Crippen LogP contribution in [0.3, 0.4) is 0 Å². The molecule has 0 bridgehead atoms. The van der Waals surface area contributed by atoms with E-state index in [1.807, 2.05) is 0 Å². The zero-order chi connectivity index (χ0) is 8.77. The fourth-order valence-corrected chi connectivity index (χ4v) is 2.18. The maximum absolute atomic E-state index is 11.3. The van der Waals surface area contributed by atoms with Crippen molar-refractivity contribution in [2.24, 2.45) is 0 Å². The van der Waals surface area contributed by atoms with Crippen LogP contribution in [0.1, 0.15) is 5.56 Å². The van der Waals surface area contributed by atoms with Crippen LogP contribution in [0.15, 0.2) is 18.2 Å². The first-order valence-corrected chi connectivity index (χ1v) is 4.68. The zero-order valence-electron chi connectivity index (χ0n) is 6.03. The number of fused-ring (bicyclic) bond motifs is 1. The number of quaternary nitrogens is 1. The number of halogens is 1. The van der Waals surface area contributed by atoms with Gasteiger partial charge in [0, 0.05) is 16.7 Å². The summed E-state index contributed by atoms with van der Waals surface area (Å²) in [6.45, 7) is 0. The molecule has 1 aromatic carbocycles. The minimum atomic E-state index is -1.37. The summed E-state index contributed by atoms with van der Waals surface area (Å²) in [5.41, 5.74) is 1.19. The molecule has 1 aliphatic rings. The minimum absolute atomic E-state index is 0.340. The molecule has 0 aliphatic carbocycles. The van der Waals surface area contributed by atoms with Crippen LogP contribution in [-0.2, 0) is 5.75 Å². The summed E-state index contributed by atoms with van der Waals surface area (Å²) in [6, 6.07) is 4.98. The van der Waals surface area contributed by atoms with Crippen LogP contribution in [0.25, 0.3) is 0 Å². The molecule has 1 atom stereocenters. The Morgan fingerprint density at radius 3 is 3.08 bits per heavy atom. The van der Waals surface area contributed by atoms with Gasteiger partial charge >= 0.3 is 0 Å². The highest BCUT2D eigenvalue weighted by molar-refractivity contribution is 7.98. The molecule has 1 aliphatic heterocycles. The van der Waals surface area contributed by atoms with Crippen LogP contribution in [0.4, 0.5) is 5.69 Å². The van der Waals surface area contributed by atoms with Gasteiger partial charge in [0.1, 0.15) is 11.9 Å². The quantitative estimate of drug-likeness (QED) is 0.401. The van der Waals surface area contributed by atoms with E-state index >= 15 is 0 Å². The van der Waals surface area contributed by atoms with Crippen LogP contribution in [0.5, 0.6) is 0 Å². The van der Waals surface area contributed by atoms with Gasteiger partial charge in [0.05, 0.1) is 5.75 Å². The number of hydrogen-bond donors (Lipinski definition) is 1. The van der Waals surface area contributed by atoms with E-state index in [0.29, 0.717) is 16.5 Å². The number of rotatable bonds is 0. The predicted octanol–water partition coefficient (Wildman–Crippen LogP) is 2.70. The molecule has 2 rings (SSSR count). The van der Waals surface area contributed by atoms with Gasteiger partial charge in [-0.1, -0.05) is 17.7 Å². The lowest BCUT2D eigenvalue weighted by Crippen LogP contribution is -2.26. The average molecular weight is 204 g/mol. The first kappa shape index (κ1) is 8.34. The second-order valence-corrected chi connectivity index (χ2v) is 4.05. The van der Waals surface area contributed by atoms with E-state index in [0.717, 1.165) is 17.5 Å². The summed E-state index contributed by atoms with van der Waals surface area (Å²) < 4.78 is -1.37. The van der Waals surface area contributed by atoms with E-state index in [1.165, 1.54) is 6.07 Å². The molecule has 1 heterocycles. The third-order valence-electron chi connectivity index (χ3n) is 1.75. The molecular formula is C7H6ClNO2S. The van der Waals surface area contributed by atoms with Gasteiger partial charge < -0.3 is 5.21 Å². The Hall–Kier alpha value is -0.260. The second-order valence-electron chi connectivity index (χ2n) is 2.57. The van der Waals surface area contributed by atoms with Gasteiger partial charge in [-0.05, 0) is 6.07 Å². The Labute approximate surface area is 78.8 Å². The molecular weight excluding hydrogens is 198 g/mol. The normalized spacial score (nSPS) is 27.2. The first-order valence-electron chi connectivity index (χ1n) is 3.36. The van der Waals surface area contributed by atoms with Crippen molar-refractivity contribution in [1.82, 2.24) is 4.21 Å². The third-order valence-corrected chi connectivity index (χ3v) is 2.97. The van der Waals surface area contributed by atoms with Crippen LogP contribution in [0.2, 0.25) is 5.02 Å².